The first-order chi connectivity index (χ1) is 12.0. The predicted molar refractivity (Wildman–Crippen MR) is 93.1 cm³/mol. The molecule has 1 N–H and O–H groups in total. The highest BCUT2D eigenvalue weighted by atomic mass is 16.5. The van der Waals surface area contributed by atoms with Crippen LogP contribution in [-0.4, -0.2) is 32.4 Å². The Morgan fingerprint density at radius 3 is 2.76 bits per heavy atom. The molecular formula is C18H21N5O2. The number of aryl methyl sites for hydroxylation is 1. The second-order valence-corrected chi connectivity index (χ2v) is 6.08. The van der Waals surface area contributed by atoms with Gasteiger partial charge in [0.05, 0.1) is 16.8 Å². The topological polar surface area (TPSA) is 85.8 Å². The Bertz CT molecular complexity index is 866. The molecule has 3 rings (SSSR count). The SMILES string of the molecule is Cc1noc(-c2ccccc2C(=O)NCCc2ccn(C(C)C)n2)n1. The Balaban J connectivity index is 1.65. The molecule has 1 amide bonds. The standard InChI is InChI=1S/C18H21N5O2/c1-12(2)23-11-9-14(21-23)8-10-19-17(24)15-6-4-5-7-16(15)18-20-13(3)22-25-18/h4-7,9,11-12H,8,10H2,1-3H3,(H,19,24). The third-order valence-electron chi connectivity index (χ3n) is 3.79. The second-order valence-electron chi connectivity index (χ2n) is 6.08. The summed E-state index contributed by atoms with van der Waals surface area (Å²) in [5.41, 5.74) is 2.10. The van der Waals surface area contributed by atoms with E-state index in [-0.39, 0.29) is 5.91 Å². The van der Waals surface area contributed by atoms with Crippen LogP contribution < -0.4 is 5.32 Å². The Labute approximate surface area is 146 Å². The van der Waals surface area contributed by atoms with Gasteiger partial charge >= 0.3 is 0 Å². The van der Waals surface area contributed by atoms with Crippen LogP contribution in [0.3, 0.4) is 0 Å². The number of amides is 1. The Kier molecular flexibility index (Phi) is 4.92. The van der Waals surface area contributed by atoms with Crippen molar-refractivity contribution in [3.05, 3.63) is 53.6 Å². The Morgan fingerprint density at radius 1 is 1.28 bits per heavy atom. The molecule has 0 spiro atoms. The molecule has 0 aliphatic rings. The fraction of sp³-hybridized carbons (Fsp3) is 0.333. The normalized spacial score (nSPS) is 11.0. The minimum absolute atomic E-state index is 0.172. The van der Waals surface area contributed by atoms with Gasteiger partial charge in [0.15, 0.2) is 5.82 Å². The summed E-state index contributed by atoms with van der Waals surface area (Å²) in [6.07, 6.45) is 2.63. The molecule has 3 aromatic rings. The van der Waals surface area contributed by atoms with Gasteiger partial charge in [-0.15, -0.1) is 0 Å². The molecule has 25 heavy (non-hydrogen) atoms. The smallest absolute Gasteiger partial charge is 0.258 e. The van der Waals surface area contributed by atoms with Crippen molar-refractivity contribution in [1.82, 2.24) is 25.2 Å². The highest BCUT2D eigenvalue weighted by molar-refractivity contribution is 5.99. The van der Waals surface area contributed by atoms with E-state index < -0.39 is 0 Å². The number of benzene rings is 1. The van der Waals surface area contributed by atoms with Crippen molar-refractivity contribution in [2.75, 3.05) is 6.54 Å². The molecule has 7 heteroatoms. The lowest BCUT2D eigenvalue weighted by Gasteiger charge is -2.07. The van der Waals surface area contributed by atoms with Crippen molar-refractivity contribution in [2.45, 2.75) is 33.2 Å². The molecule has 0 aliphatic carbocycles. The van der Waals surface area contributed by atoms with E-state index in [1.807, 2.05) is 29.1 Å². The number of hydrogen-bond donors (Lipinski definition) is 1. The number of hydrogen-bond acceptors (Lipinski definition) is 5. The summed E-state index contributed by atoms with van der Waals surface area (Å²) in [5, 5.41) is 11.2. The fourth-order valence-electron chi connectivity index (χ4n) is 2.47. The molecular weight excluding hydrogens is 318 g/mol. The molecule has 0 radical (unpaired) electrons. The van der Waals surface area contributed by atoms with Crippen LogP contribution in [0.5, 0.6) is 0 Å². The average molecular weight is 339 g/mol. The Hall–Kier alpha value is -2.96. The monoisotopic (exact) mass is 339 g/mol. The van der Waals surface area contributed by atoms with Gasteiger partial charge in [0.1, 0.15) is 0 Å². The largest absolute Gasteiger partial charge is 0.352 e. The minimum atomic E-state index is -0.172. The third-order valence-corrected chi connectivity index (χ3v) is 3.79. The molecule has 1 aromatic carbocycles. The van der Waals surface area contributed by atoms with E-state index in [0.29, 0.717) is 41.8 Å². The number of rotatable bonds is 6. The maximum absolute atomic E-state index is 12.5. The molecule has 0 fully saturated rings. The lowest BCUT2D eigenvalue weighted by Crippen LogP contribution is -2.26. The van der Waals surface area contributed by atoms with E-state index in [9.17, 15) is 4.79 Å². The fourth-order valence-corrected chi connectivity index (χ4v) is 2.47. The molecule has 7 nitrogen and oxygen atoms in total. The van der Waals surface area contributed by atoms with E-state index in [1.54, 1.807) is 19.1 Å². The Morgan fingerprint density at radius 2 is 2.08 bits per heavy atom. The van der Waals surface area contributed by atoms with Crippen LogP contribution in [0.4, 0.5) is 0 Å². The van der Waals surface area contributed by atoms with Crippen LogP contribution in [0.15, 0.2) is 41.1 Å². The first kappa shape index (κ1) is 16.9. The van der Waals surface area contributed by atoms with E-state index in [1.165, 1.54) is 0 Å². The van der Waals surface area contributed by atoms with Crippen LogP contribution >= 0.6 is 0 Å². The number of nitrogens with zero attached hydrogens (tertiary/aromatic N) is 4. The molecule has 0 unspecified atom stereocenters. The zero-order valence-electron chi connectivity index (χ0n) is 14.6. The zero-order chi connectivity index (χ0) is 17.8. The summed E-state index contributed by atoms with van der Waals surface area (Å²) in [6.45, 7) is 6.40. The number of aromatic nitrogens is 4. The van der Waals surface area contributed by atoms with Gasteiger partial charge in [0.25, 0.3) is 11.8 Å². The molecule has 0 saturated carbocycles. The molecule has 0 saturated heterocycles. The third kappa shape index (κ3) is 3.93. The van der Waals surface area contributed by atoms with E-state index in [0.717, 1.165) is 5.69 Å². The second kappa shape index (κ2) is 7.29. The van der Waals surface area contributed by atoms with Crippen molar-refractivity contribution >= 4 is 5.91 Å². The predicted octanol–water partition coefficient (Wildman–Crippen LogP) is 2.79. The van der Waals surface area contributed by atoms with Gasteiger partial charge in [0, 0.05) is 25.2 Å². The maximum Gasteiger partial charge on any atom is 0.258 e. The molecule has 130 valence electrons. The lowest BCUT2D eigenvalue weighted by molar-refractivity contribution is 0.0954. The van der Waals surface area contributed by atoms with Crippen LogP contribution in [0, 0.1) is 6.92 Å². The summed E-state index contributed by atoms with van der Waals surface area (Å²) >= 11 is 0. The first-order valence-electron chi connectivity index (χ1n) is 8.26. The van der Waals surface area contributed by atoms with Gasteiger partial charge in [-0.05, 0) is 39.0 Å². The van der Waals surface area contributed by atoms with Crippen molar-refractivity contribution < 1.29 is 9.32 Å². The number of nitrogens with one attached hydrogen (secondary N) is 1. The zero-order valence-corrected chi connectivity index (χ0v) is 14.6. The van der Waals surface area contributed by atoms with Gasteiger partial charge in [-0.3, -0.25) is 9.48 Å². The van der Waals surface area contributed by atoms with E-state index in [4.69, 9.17) is 4.52 Å². The summed E-state index contributed by atoms with van der Waals surface area (Å²) in [4.78, 5) is 16.7. The summed E-state index contributed by atoms with van der Waals surface area (Å²) in [7, 11) is 0. The highest BCUT2D eigenvalue weighted by Gasteiger charge is 2.16. The van der Waals surface area contributed by atoms with Crippen LogP contribution in [0.1, 0.15) is 41.8 Å². The lowest BCUT2D eigenvalue weighted by atomic mass is 10.1. The van der Waals surface area contributed by atoms with Crippen LogP contribution in [-0.2, 0) is 6.42 Å². The maximum atomic E-state index is 12.5. The van der Waals surface area contributed by atoms with Crippen molar-refractivity contribution in [3.8, 4) is 11.5 Å². The number of carbonyl (C=O) groups is 1. The van der Waals surface area contributed by atoms with Gasteiger partial charge < -0.3 is 9.84 Å². The van der Waals surface area contributed by atoms with Crippen LogP contribution in [0.2, 0.25) is 0 Å². The van der Waals surface area contributed by atoms with Gasteiger partial charge in [-0.25, -0.2) is 0 Å². The quantitative estimate of drug-likeness (QED) is 0.746. The number of carbonyl (C=O) groups excluding carboxylic acids is 1. The van der Waals surface area contributed by atoms with E-state index in [2.05, 4.69) is 34.4 Å². The first-order valence-corrected chi connectivity index (χ1v) is 8.26. The summed E-state index contributed by atoms with van der Waals surface area (Å²) < 4.78 is 7.09. The van der Waals surface area contributed by atoms with E-state index >= 15 is 0 Å². The molecule has 0 atom stereocenters. The molecule has 2 aromatic heterocycles. The highest BCUT2D eigenvalue weighted by Crippen LogP contribution is 2.21. The van der Waals surface area contributed by atoms with Crippen molar-refractivity contribution in [3.63, 3.8) is 0 Å². The summed E-state index contributed by atoms with van der Waals surface area (Å²) in [6, 6.07) is 9.49. The van der Waals surface area contributed by atoms with Gasteiger partial charge in [0.2, 0.25) is 0 Å². The molecule has 0 bridgehead atoms. The van der Waals surface area contributed by atoms with Crippen molar-refractivity contribution in [1.29, 1.82) is 0 Å². The van der Waals surface area contributed by atoms with Crippen molar-refractivity contribution in [2.24, 2.45) is 0 Å². The molecule has 2 heterocycles. The van der Waals surface area contributed by atoms with Gasteiger partial charge in [-0.2, -0.15) is 10.1 Å². The summed E-state index contributed by atoms with van der Waals surface area (Å²) in [5.74, 6) is 0.708. The molecule has 0 aliphatic heterocycles. The van der Waals surface area contributed by atoms with Gasteiger partial charge in [-0.1, -0.05) is 17.3 Å². The minimum Gasteiger partial charge on any atom is -0.352 e. The van der Waals surface area contributed by atoms with Crippen LogP contribution in [0.25, 0.3) is 11.5 Å². The average Bonchev–Trinajstić information content (AvgIpc) is 3.24.